The molecule has 0 spiro atoms. The molecule has 1 saturated heterocycles. The van der Waals surface area contributed by atoms with E-state index in [2.05, 4.69) is 0 Å². The van der Waals surface area contributed by atoms with Gasteiger partial charge in [0.15, 0.2) is 0 Å². The van der Waals surface area contributed by atoms with Crippen LogP contribution in [0.15, 0.2) is 42.5 Å². The van der Waals surface area contributed by atoms with Gasteiger partial charge in [-0.25, -0.2) is 17.1 Å². The predicted octanol–water partition coefficient (Wildman–Crippen LogP) is 5.79. The SMILES string of the molecule is CCS(=O)(=O)N1CC(COc2cc(C)c(-c3ccc(F)c4c3CC[C@H]4Oc3ccc4c(c3)OCC4CC(=O)O)c(C)c2)C1. The largest absolute Gasteiger partial charge is 0.493 e. The lowest BCUT2D eigenvalue weighted by Gasteiger charge is -2.37. The van der Waals surface area contributed by atoms with Gasteiger partial charge < -0.3 is 19.3 Å². The van der Waals surface area contributed by atoms with Crippen LogP contribution >= 0.6 is 0 Å². The number of sulfonamides is 1. The summed E-state index contributed by atoms with van der Waals surface area (Å²) in [7, 11) is -3.15. The maximum Gasteiger partial charge on any atom is 0.304 e. The topological polar surface area (TPSA) is 102 Å². The standard InChI is InChI=1S/C33H36FNO7S/c1-4-43(38,39)35-15-21(16-35)17-40-24-11-19(2)32(20(3)12-24)26-7-9-28(34)33-27(26)8-10-29(33)42-23-5-6-25-22(13-31(36)37)18-41-30(25)14-23/h5-7,9,11-12,14,21-22,29H,4,8,10,13,15-18H2,1-3H3,(H,36,37)/t22?,29-/m1/s1. The Bertz CT molecular complexity index is 1660. The molecule has 6 rings (SSSR count). The van der Waals surface area contributed by atoms with Crippen molar-refractivity contribution >= 4 is 16.0 Å². The average molecular weight is 610 g/mol. The van der Waals surface area contributed by atoms with Crippen molar-refractivity contribution in [2.75, 3.05) is 32.1 Å². The van der Waals surface area contributed by atoms with E-state index >= 15 is 4.39 Å². The highest BCUT2D eigenvalue weighted by atomic mass is 32.2. The van der Waals surface area contributed by atoms with Gasteiger partial charge in [0.2, 0.25) is 10.0 Å². The minimum atomic E-state index is -3.15. The van der Waals surface area contributed by atoms with Crippen LogP contribution in [0.3, 0.4) is 0 Å². The summed E-state index contributed by atoms with van der Waals surface area (Å²) in [6.45, 7) is 7.44. The van der Waals surface area contributed by atoms with E-state index in [-0.39, 0.29) is 29.8 Å². The number of fused-ring (bicyclic) bond motifs is 2. The van der Waals surface area contributed by atoms with Crippen molar-refractivity contribution in [2.45, 2.75) is 52.1 Å². The number of aliphatic carboxylic acids is 1. The smallest absolute Gasteiger partial charge is 0.304 e. The summed E-state index contributed by atoms with van der Waals surface area (Å²) in [6, 6.07) is 12.7. The number of benzene rings is 3. The Morgan fingerprint density at radius 2 is 1.84 bits per heavy atom. The lowest BCUT2D eigenvalue weighted by atomic mass is 9.90. The van der Waals surface area contributed by atoms with Crippen LogP contribution < -0.4 is 14.2 Å². The van der Waals surface area contributed by atoms with Gasteiger partial charge in [0, 0.05) is 42.1 Å². The Labute approximate surface area is 251 Å². The second-order valence-corrected chi connectivity index (χ2v) is 14.0. The van der Waals surface area contributed by atoms with Crippen LogP contribution in [-0.2, 0) is 21.2 Å². The van der Waals surface area contributed by atoms with Gasteiger partial charge in [0.1, 0.15) is 29.2 Å². The van der Waals surface area contributed by atoms with Crippen molar-refractivity contribution in [2.24, 2.45) is 5.92 Å². The zero-order valence-electron chi connectivity index (χ0n) is 24.6. The van der Waals surface area contributed by atoms with E-state index in [4.69, 9.17) is 19.3 Å². The van der Waals surface area contributed by atoms with Gasteiger partial charge in [-0.3, -0.25) is 4.79 Å². The lowest BCUT2D eigenvalue weighted by molar-refractivity contribution is -0.137. The zero-order valence-corrected chi connectivity index (χ0v) is 25.4. The van der Waals surface area contributed by atoms with Crippen LogP contribution in [0.1, 0.15) is 59.6 Å². The second-order valence-electron chi connectivity index (χ2n) is 11.8. The summed E-state index contributed by atoms with van der Waals surface area (Å²) >= 11 is 0. The number of hydrogen-bond acceptors (Lipinski definition) is 6. The minimum absolute atomic E-state index is 0.00780. The van der Waals surface area contributed by atoms with E-state index in [1.807, 2.05) is 38.1 Å². The predicted molar refractivity (Wildman–Crippen MR) is 160 cm³/mol. The fraction of sp³-hybridized carbons (Fsp3) is 0.424. The third-order valence-corrected chi connectivity index (χ3v) is 10.6. The Hall–Kier alpha value is -3.63. The fourth-order valence-corrected chi connectivity index (χ4v) is 7.82. The molecular weight excluding hydrogens is 573 g/mol. The van der Waals surface area contributed by atoms with E-state index in [0.29, 0.717) is 56.2 Å². The molecule has 8 nitrogen and oxygen atoms in total. The third kappa shape index (κ3) is 5.70. The van der Waals surface area contributed by atoms with E-state index < -0.39 is 22.1 Å². The van der Waals surface area contributed by atoms with Crippen molar-refractivity contribution in [1.29, 1.82) is 0 Å². The van der Waals surface area contributed by atoms with Crippen LogP contribution in [0, 0.1) is 25.6 Å². The van der Waals surface area contributed by atoms with Crippen molar-refractivity contribution in [3.8, 4) is 28.4 Å². The zero-order chi connectivity index (χ0) is 30.5. The number of nitrogens with zero attached hydrogens (tertiary/aromatic N) is 1. The molecule has 2 heterocycles. The molecule has 1 aliphatic carbocycles. The quantitative estimate of drug-likeness (QED) is 0.311. The molecule has 1 fully saturated rings. The lowest BCUT2D eigenvalue weighted by Crippen LogP contribution is -2.52. The summed E-state index contributed by atoms with van der Waals surface area (Å²) in [5.74, 6) is 0.844. The number of hydrogen-bond donors (Lipinski definition) is 1. The maximum atomic E-state index is 15.3. The van der Waals surface area contributed by atoms with Gasteiger partial charge >= 0.3 is 5.97 Å². The van der Waals surface area contributed by atoms with E-state index in [1.54, 1.807) is 19.1 Å². The fourth-order valence-electron chi connectivity index (χ4n) is 6.58. The molecule has 0 radical (unpaired) electrons. The molecular formula is C33H36FNO7S. The monoisotopic (exact) mass is 609 g/mol. The number of ether oxygens (including phenoxy) is 3. The molecule has 2 aliphatic heterocycles. The summed E-state index contributed by atoms with van der Waals surface area (Å²) in [6.07, 6.45) is 0.860. The molecule has 10 heteroatoms. The number of carboxylic acids is 1. The highest BCUT2D eigenvalue weighted by Crippen LogP contribution is 2.45. The summed E-state index contributed by atoms with van der Waals surface area (Å²) < 4.78 is 58.9. The van der Waals surface area contributed by atoms with Crippen LogP contribution in [0.5, 0.6) is 17.2 Å². The van der Waals surface area contributed by atoms with Gasteiger partial charge in [-0.05, 0) is 85.7 Å². The Morgan fingerprint density at radius 3 is 2.53 bits per heavy atom. The van der Waals surface area contributed by atoms with Crippen molar-refractivity contribution < 1.29 is 36.9 Å². The minimum Gasteiger partial charge on any atom is -0.493 e. The molecule has 0 saturated carbocycles. The summed E-state index contributed by atoms with van der Waals surface area (Å²) in [5.41, 5.74) is 6.43. The molecule has 0 bridgehead atoms. The van der Waals surface area contributed by atoms with Gasteiger partial charge in [0.25, 0.3) is 0 Å². The first kappa shape index (κ1) is 29.4. The normalized spacial score (nSPS) is 19.8. The third-order valence-electron chi connectivity index (χ3n) is 8.79. The first-order valence-electron chi connectivity index (χ1n) is 14.7. The molecule has 1 N–H and O–H groups in total. The summed E-state index contributed by atoms with van der Waals surface area (Å²) in [5, 5.41) is 9.17. The number of rotatable bonds is 10. The van der Waals surface area contributed by atoms with Crippen LogP contribution in [-0.4, -0.2) is 55.9 Å². The van der Waals surface area contributed by atoms with E-state index in [9.17, 15) is 13.2 Å². The van der Waals surface area contributed by atoms with E-state index in [0.717, 1.165) is 39.1 Å². The van der Waals surface area contributed by atoms with E-state index in [1.165, 1.54) is 10.4 Å². The first-order valence-corrected chi connectivity index (χ1v) is 16.3. The molecule has 228 valence electrons. The molecule has 3 aromatic carbocycles. The molecule has 43 heavy (non-hydrogen) atoms. The van der Waals surface area contributed by atoms with Crippen molar-refractivity contribution in [3.63, 3.8) is 0 Å². The van der Waals surface area contributed by atoms with Gasteiger partial charge in [-0.1, -0.05) is 12.1 Å². The molecule has 0 aromatic heterocycles. The van der Waals surface area contributed by atoms with Crippen molar-refractivity contribution in [1.82, 2.24) is 4.31 Å². The highest BCUT2D eigenvalue weighted by Gasteiger charge is 2.35. The van der Waals surface area contributed by atoms with Gasteiger partial charge in [0.05, 0.1) is 25.4 Å². The Kier molecular flexibility index (Phi) is 7.85. The van der Waals surface area contributed by atoms with Crippen LogP contribution in [0.25, 0.3) is 11.1 Å². The second kappa shape index (κ2) is 11.5. The van der Waals surface area contributed by atoms with Crippen LogP contribution in [0.4, 0.5) is 4.39 Å². The number of carboxylic acid groups (broad SMARTS) is 1. The molecule has 2 atom stereocenters. The molecule has 3 aromatic rings. The first-order chi connectivity index (χ1) is 20.5. The Balaban J connectivity index is 1.18. The molecule has 3 aliphatic rings. The summed E-state index contributed by atoms with van der Waals surface area (Å²) in [4.78, 5) is 11.2. The maximum absolute atomic E-state index is 15.3. The number of halogens is 1. The number of aryl methyl sites for hydroxylation is 2. The van der Waals surface area contributed by atoms with Gasteiger partial charge in [-0.15, -0.1) is 0 Å². The number of carbonyl (C=O) groups is 1. The Morgan fingerprint density at radius 1 is 1.09 bits per heavy atom. The molecule has 1 unspecified atom stereocenters. The van der Waals surface area contributed by atoms with Gasteiger partial charge in [-0.2, -0.15) is 0 Å². The average Bonchev–Trinajstić information content (AvgIpc) is 3.53. The highest BCUT2D eigenvalue weighted by molar-refractivity contribution is 7.89. The van der Waals surface area contributed by atoms with Crippen LogP contribution in [0.2, 0.25) is 0 Å². The van der Waals surface area contributed by atoms with Crippen molar-refractivity contribution in [3.05, 3.63) is 76.1 Å². The molecule has 0 amide bonds.